The second-order valence-corrected chi connectivity index (χ2v) is 4.98. The maximum absolute atomic E-state index is 12.9. The zero-order valence-corrected chi connectivity index (χ0v) is 11.8. The molecule has 1 aromatic carbocycles. The molecule has 0 amide bonds. The van der Waals surface area contributed by atoms with Crippen molar-refractivity contribution in [3.63, 3.8) is 0 Å². The summed E-state index contributed by atoms with van der Waals surface area (Å²) >= 11 is 6.01. The van der Waals surface area contributed by atoms with Gasteiger partial charge in [-0.1, -0.05) is 25.4 Å². The average molecular weight is 280 g/mol. The van der Waals surface area contributed by atoms with Gasteiger partial charge in [0.15, 0.2) is 0 Å². The zero-order chi connectivity index (χ0) is 14.0. The molecule has 3 nitrogen and oxygen atoms in total. The van der Waals surface area contributed by atoms with Crippen LogP contribution in [0.1, 0.15) is 25.6 Å². The van der Waals surface area contributed by atoms with E-state index in [4.69, 9.17) is 11.6 Å². The smallest absolute Gasteiger partial charge is 0.137 e. The Balaban J connectivity index is 2.38. The first kappa shape index (κ1) is 13.7. The lowest BCUT2D eigenvalue weighted by atomic mass is 10.2. The second kappa shape index (κ2) is 5.53. The van der Waals surface area contributed by atoms with Crippen LogP contribution in [-0.2, 0) is 0 Å². The third-order valence-electron chi connectivity index (χ3n) is 2.77. The lowest BCUT2D eigenvalue weighted by Crippen LogP contribution is -2.13. The summed E-state index contributed by atoms with van der Waals surface area (Å²) in [6, 6.07) is 7.91. The molecular formula is C14H15ClFN3. The highest BCUT2D eigenvalue weighted by molar-refractivity contribution is 6.29. The van der Waals surface area contributed by atoms with Gasteiger partial charge in [0.05, 0.1) is 0 Å². The van der Waals surface area contributed by atoms with Crippen LogP contribution in [0.3, 0.4) is 0 Å². The van der Waals surface area contributed by atoms with Crippen LogP contribution in [0.5, 0.6) is 0 Å². The van der Waals surface area contributed by atoms with Gasteiger partial charge >= 0.3 is 0 Å². The molecule has 0 atom stereocenters. The Morgan fingerprint density at radius 3 is 2.37 bits per heavy atom. The first-order chi connectivity index (χ1) is 8.97. The van der Waals surface area contributed by atoms with Crippen LogP contribution in [0.4, 0.5) is 15.9 Å². The van der Waals surface area contributed by atoms with Crippen molar-refractivity contribution in [3.05, 3.63) is 47.1 Å². The van der Waals surface area contributed by atoms with Gasteiger partial charge in [0.1, 0.15) is 22.6 Å². The fraction of sp³-hybridized carbons (Fsp3) is 0.286. The topological polar surface area (TPSA) is 29.0 Å². The van der Waals surface area contributed by atoms with E-state index in [0.717, 1.165) is 5.69 Å². The molecular weight excluding hydrogens is 265 g/mol. The van der Waals surface area contributed by atoms with E-state index in [2.05, 4.69) is 9.97 Å². The molecule has 0 radical (unpaired) electrons. The Labute approximate surface area is 117 Å². The van der Waals surface area contributed by atoms with Crippen molar-refractivity contribution in [1.82, 2.24) is 9.97 Å². The number of halogens is 2. The molecule has 0 N–H and O–H groups in total. The van der Waals surface area contributed by atoms with Crippen LogP contribution < -0.4 is 4.90 Å². The molecule has 0 saturated carbocycles. The molecule has 0 spiro atoms. The number of rotatable bonds is 3. The molecule has 0 aliphatic rings. The molecule has 2 aromatic rings. The molecule has 19 heavy (non-hydrogen) atoms. The number of aromatic nitrogens is 2. The SMILES string of the molecule is CC(C)c1nc(Cl)cc(N(C)c2ccc(F)cc2)n1. The highest BCUT2D eigenvalue weighted by atomic mass is 35.5. The van der Waals surface area contributed by atoms with Gasteiger partial charge in [-0.05, 0) is 24.3 Å². The quantitative estimate of drug-likeness (QED) is 0.790. The van der Waals surface area contributed by atoms with Crippen molar-refractivity contribution in [2.24, 2.45) is 0 Å². The molecule has 0 fully saturated rings. The molecule has 0 aliphatic heterocycles. The fourth-order valence-corrected chi connectivity index (χ4v) is 1.83. The van der Waals surface area contributed by atoms with Crippen molar-refractivity contribution >= 4 is 23.1 Å². The van der Waals surface area contributed by atoms with Crippen molar-refractivity contribution in [3.8, 4) is 0 Å². The minimum Gasteiger partial charge on any atom is -0.329 e. The fourth-order valence-electron chi connectivity index (χ4n) is 1.65. The molecule has 1 aromatic heterocycles. The van der Waals surface area contributed by atoms with E-state index < -0.39 is 0 Å². The van der Waals surface area contributed by atoms with Crippen LogP contribution in [-0.4, -0.2) is 17.0 Å². The summed E-state index contributed by atoms with van der Waals surface area (Å²) in [7, 11) is 1.86. The van der Waals surface area contributed by atoms with E-state index >= 15 is 0 Å². The maximum Gasteiger partial charge on any atom is 0.137 e. The van der Waals surface area contributed by atoms with Crippen LogP contribution in [0.15, 0.2) is 30.3 Å². The summed E-state index contributed by atoms with van der Waals surface area (Å²) in [6.07, 6.45) is 0. The minimum atomic E-state index is -0.263. The van der Waals surface area contributed by atoms with Gasteiger partial charge in [0.25, 0.3) is 0 Å². The Bertz CT molecular complexity index is 569. The van der Waals surface area contributed by atoms with Gasteiger partial charge in [-0.15, -0.1) is 0 Å². The average Bonchev–Trinajstić information content (AvgIpc) is 2.38. The molecule has 0 bridgehead atoms. The van der Waals surface area contributed by atoms with Crippen LogP contribution in [0.2, 0.25) is 5.15 Å². The molecule has 1 heterocycles. The summed E-state index contributed by atoms with van der Waals surface area (Å²) in [5.41, 5.74) is 0.839. The normalized spacial score (nSPS) is 10.8. The summed E-state index contributed by atoms with van der Waals surface area (Å²) in [4.78, 5) is 10.5. The van der Waals surface area contributed by atoms with Gasteiger partial charge in [-0.25, -0.2) is 14.4 Å². The first-order valence-corrected chi connectivity index (χ1v) is 6.39. The van der Waals surface area contributed by atoms with E-state index in [9.17, 15) is 4.39 Å². The van der Waals surface area contributed by atoms with Gasteiger partial charge in [0.2, 0.25) is 0 Å². The molecule has 5 heteroatoms. The third kappa shape index (κ3) is 3.20. The predicted molar refractivity (Wildman–Crippen MR) is 75.6 cm³/mol. The van der Waals surface area contributed by atoms with Crippen molar-refractivity contribution in [2.75, 3.05) is 11.9 Å². The number of hydrogen-bond donors (Lipinski definition) is 0. The van der Waals surface area contributed by atoms with E-state index in [0.29, 0.717) is 16.8 Å². The lowest BCUT2D eigenvalue weighted by molar-refractivity contribution is 0.628. The summed E-state index contributed by atoms with van der Waals surface area (Å²) in [5, 5.41) is 0.405. The number of nitrogens with zero attached hydrogens (tertiary/aromatic N) is 3. The van der Waals surface area contributed by atoms with Crippen LogP contribution >= 0.6 is 11.6 Å². The van der Waals surface area contributed by atoms with E-state index in [1.54, 1.807) is 18.2 Å². The van der Waals surface area contributed by atoms with Gasteiger partial charge in [-0.3, -0.25) is 0 Å². The summed E-state index contributed by atoms with van der Waals surface area (Å²) in [6.45, 7) is 4.01. The summed E-state index contributed by atoms with van der Waals surface area (Å²) in [5.74, 6) is 1.31. The van der Waals surface area contributed by atoms with Crippen LogP contribution in [0.25, 0.3) is 0 Å². The lowest BCUT2D eigenvalue weighted by Gasteiger charge is -2.19. The highest BCUT2D eigenvalue weighted by Gasteiger charge is 2.11. The number of hydrogen-bond acceptors (Lipinski definition) is 3. The number of anilines is 2. The standard InChI is InChI=1S/C14H15ClFN3/c1-9(2)14-17-12(15)8-13(18-14)19(3)11-6-4-10(16)5-7-11/h4-9H,1-3H3. The Morgan fingerprint density at radius 2 is 1.79 bits per heavy atom. The second-order valence-electron chi connectivity index (χ2n) is 4.60. The van der Waals surface area contributed by atoms with Crippen molar-refractivity contribution in [1.29, 1.82) is 0 Å². The van der Waals surface area contributed by atoms with Crippen molar-refractivity contribution < 1.29 is 4.39 Å². The van der Waals surface area contributed by atoms with Gasteiger partial charge in [-0.2, -0.15) is 0 Å². The zero-order valence-electron chi connectivity index (χ0n) is 11.1. The van der Waals surface area contributed by atoms with Gasteiger partial charge < -0.3 is 4.90 Å². The van der Waals surface area contributed by atoms with E-state index in [-0.39, 0.29) is 11.7 Å². The first-order valence-electron chi connectivity index (χ1n) is 6.01. The molecule has 0 aliphatic carbocycles. The van der Waals surface area contributed by atoms with Crippen LogP contribution in [0, 0.1) is 5.82 Å². The molecule has 2 rings (SSSR count). The number of benzene rings is 1. The monoisotopic (exact) mass is 279 g/mol. The predicted octanol–water partition coefficient (Wildman–Crippen LogP) is 4.16. The Kier molecular flexibility index (Phi) is 4.00. The van der Waals surface area contributed by atoms with Crippen molar-refractivity contribution in [2.45, 2.75) is 19.8 Å². The summed E-state index contributed by atoms with van der Waals surface area (Å²) < 4.78 is 12.9. The molecule has 100 valence electrons. The molecule has 0 unspecified atom stereocenters. The Morgan fingerprint density at radius 1 is 1.16 bits per heavy atom. The largest absolute Gasteiger partial charge is 0.329 e. The Hall–Kier alpha value is -1.68. The minimum absolute atomic E-state index is 0.194. The maximum atomic E-state index is 12.9. The van der Waals surface area contributed by atoms with E-state index in [1.807, 2.05) is 25.8 Å². The third-order valence-corrected chi connectivity index (χ3v) is 2.97. The molecule has 0 saturated heterocycles. The van der Waals surface area contributed by atoms with E-state index in [1.165, 1.54) is 12.1 Å². The highest BCUT2D eigenvalue weighted by Crippen LogP contribution is 2.25. The van der Waals surface area contributed by atoms with Gasteiger partial charge in [0, 0.05) is 24.7 Å².